The topological polar surface area (TPSA) is 67.9 Å². The molecule has 1 aromatic rings. The van der Waals surface area contributed by atoms with E-state index in [0.29, 0.717) is 25.9 Å². The van der Waals surface area contributed by atoms with Crippen molar-refractivity contribution >= 4 is 12.0 Å². The maximum absolute atomic E-state index is 13.9. The highest BCUT2D eigenvalue weighted by Gasteiger charge is 2.43. The normalized spacial score (nSPS) is 16.1. The highest BCUT2D eigenvalue weighted by Crippen LogP contribution is 2.22. The van der Waals surface area contributed by atoms with Gasteiger partial charge < -0.3 is 19.7 Å². The van der Waals surface area contributed by atoms with Gasteiger partial charge in [0.05, 0.1) is 0 Å². The molecule has 1 aliphatic heterocycles. The first-order chi connectivity index (χ1) is 12.1. The number of hydrogen-bond acceptors (Lipinski definition) is 4. The van der Waals surface area contributed by atoms with E-state index in [1.165, 1.54) is 29.2 Å². The molecular weight excluding hydrogens is 346 g/mol. The van der Waals surface area contributed by atoms with Gasteiger partial charge in [0.25, 0.3) is 0 Å². The minimum absolute atomic E-state index is 0.0904. The summed E-state index contributed by atoms with van der Waals surface area (Å²) < 4.78 is 37.6. The average molecular weight is 370 g/mol. The van der Waals surface area contributed by atoms with Crippen molar-refractivity contribution < 1.29 is 27.8 Å². The molecule has 0 radical (unpaired) electrons. The fraction of sp³-hybridized carbons (Fsp3) is 0.556. The second-order valence-electron chi connectivity index (χ2n) is 7.15. The molecule has 6 nitrogen and oxygen atoms in total. The van der Waals surface area contributed by atoms with Crippen LogP contribution in [0, 0.1) is 0 Å². The van der Waals surface area contributed by atoms with Crippen molar-refractivity contribution in [1.29, 1.82) is 0 Å². The number of benzene rings is 1. The molecule has 1 fully saturated rings. The number of nitrogens with one attached hydrogen (secondary N) is 1. The Morgan fingerprint density at radius 3 is 2.23 bits per heavy atom. The number of carbonyl (C=O) groups is 2. The monoisotopic (exact) mass is 370 g/mol. The molecule has 0 aliphatic carbocycles. The Balaban J connectivity index is 1.83. The van der Waals surface area contributed by atoms with Gasteiger partial charge in [-0.05, 0) is 45.7 Å². The molecule has 1 saturated heterocycles. The molecule has 2 rings (SSSR count). The van der Waals surface area contributed by atoms with E-state index >= 15 is 0 Å². The third-order valence-corrected chi connectivity index (χ3v) is 3.74. The Kier molecular flexibility index (Phi) is 6.05. The zero-order valence-corrected chi connectivity index (χ0v) is 15.1. The number of carbonyl (C=O) groups excluding carboxylic acids is 2. The van der Waals surface area contributed by atoms with E-state index in [-0.39, 0.29) is 5.75 Å². The van der Waals surface area contributed by atoms with E-state index in [1.807, 2.05) is 0 Å². The van der Waals surface area contributed by atoms with Crippen molar-refractivity contribution in [3.8, 4) is 5.75 Å². The van der Waals surface area contributed by atoms with Gasteiger partial charge in [-0.1, -0.05) is 18.2 Å². The molecule has 1 aromatic carbocycles. The molecule has 0 unspecified atom stereocenters. The molecule has 0 bridgehead atoms. The van der Waals surface area contributed by atoms with Crippen molar-refractivity contribution in [2.24, 2.45) is 0 Å². The van der Waals surface area contributed by atoms with Gasteiger partial charge in [0.1, 0.15) is 11.4 Å². The standard InChI is InChI=1S/C18H24F2N2O4/c1-17(2,3)26-16(24)22-11-9-13(10-12-22)21-15(23)18(19,20)25-14-7-5-4-6-8-14/h4-8,13H,9-12H2,1-3H3,(H,21,23). The van der Waals surface area contributed by atoms with Crippen LogP contribution in [0.25, 0.3) is 0 Å². The summed E-state index contributed by atoms with van der Waals surface area (Å²) in [6.45, 7) is 5.96. The number of piperidine rings is 1. The van der Waals surface area contributed by atoms with Gasteiger partial charge in [-0.2, -0.15) is 8.78 Å². The second-order valence-corrected chi connectivity index (χ2v) is 7.15. The summed E-state index contributed by atoms with van der Waals surface area (Å²) in [5.74, 6) is -1.58. The minimum Gasteiger partial charge on any atom is -0.444 e. The van der Waals surface area contributed by atoms with E-state index in [1.54, 1.807) is 26.8 Å². The second kappa shape index (κ2) is 7.88. The average Bonchev–Trinajstić information content (AvgIpc) is 2.54. The van der Waals surface area contributed by atoms with Crippen molar-refractivity contribution in [1.82, 2.24) is 10.2 Å². The Bertz CT molecular complexity index is 624. The number of amides is 2. The fourth-order valence-corrected chi connectivity index (χ4v) is 2.49. The van der Waals surface area contributed by atoms with Gasteiger partial charge in [-0.25, -0.2) is 4.79 Å². The van der Waals surface area contributed by atoms with Crippen molar-refractivity contribution in [2.45, 2.75) is 51.4 Å². The van der Waals surface area contributed by atoms with E-state index in [2.05, 4.69) is 10.1 Å². The first-order valence-electron chi connectivity index (χ1n) is 8.47. The van der Waals surface area contributed by atoms with Crippen LogP contribution in [-0.2, 0) is 9.53 Å². The van der Waals surface area contributed by atoms with Crippen molar-refractivity contribution in [3.05, 3.63) is 30.3 Å². The molecule has 0 spiro atoms. The van der Waals surface area contributed by atoms with Crippen LogP contribution in [0.3, 0.4) is 0 Å². The lowest BCUT2D eigenvalue weighted by Crippen LogP contribution is -2.52. The Hall–Kier alpha value is -2.38. The van der Waals surface area contributed by atoms with Crippen LogP contribution in [0.5, 0.6) is 5.75 Å². The van der Waals surface area contributed by atoms with Crippen molar-refractivity contribution in [3.63, 3.8) is 0 Å². The molecule has 26 heavy (non-hydrogen) atoms. The molecule has 0 atom stereocenters. The third kappa shape index (κ3) is 5.86. The van der Waals surface area contributed by atoms with Gasteiger partial charge in [0.2, 0.25) is 0 Å². The number of rotatable bonds is 4. The van der Waals surface area contributed by atoms with Crippen LogP contribution in [0.4, 0.5) is 13.6 Å². The van der Waals surface area contributed by atoms with Gasteiger partial charge in [-0.3, -0.25) is 4.79 Å². The predicted octanol–water partition coefficient (Wildman–Crippen LogP) is 3.17. The third-order valence-electron chi connectivity index (χ3n) is 3.74. The number of alkyl halides is 2. The lowest BCUT2D eigenvalue weighted by Gasteiger charge is -2.34. The summed E-state index contributed by atoms with van der Waals surface area (Å²) in [7, 11) is 0. The zero-order chi connectivity index (χ0) is 19.4. The quantitative estimate of drug-likeness (QED) is 0.884. The molecular formula is C18H24F2N2O4. The van der Waals surface area contributed by atoms with Gasteiger partial charge >= 0.3 is 18.1 Å². The summed E-state index contributed by atoms with van der Waals surface area (Å²) in [6, 6.07) is 6.97. The number of hydrogen-bond donors (Lipinski definition) is 1. The van der Waals surface area contributed by atoms with E-state index in [4.69, 9.17) is 4.74 Å². The Morgan fingerprint density at radius 2 is 1.69 bits per heavy atom. The van der Waals surface area contributed by atoms with Crippen LogP contribution in [0.1, 0.15) is 33.6 Å². The van der Waals surface area contributed by atoms with E-state index in [0.717, 1.165) is 0 Å². The summed E-state index contributed by atoms with van der Waals surface area (Å²) in [5, 5.41) is 2.29. The molecule has 1 heterocycles. The predicted molar refractivity (Wildman–Crippen MR) is 91.0 cm³/mol. The molecule has 2 amide bonds. The SMILES string of the molecule is CC(C)(C)OC(=O)N1CCC(NC(=O)C(F)(F)Oc2ccccc2)CC1. The van der Waals surface area contributed by atoms with Crippen molar-refractivity contribution in [2.75, 3.05) is 13.1 Å². The van der Waals surface area contributed by atoms with Crippen LogP contribution in [0.2, 0.25) is 0 Å². The number of ether oxygens (including phenoxy) is 2. The number of para-hydroxylation sites is 1. The highest BCUT2D eigenvalue weighted by molar-refractivity contribution is 5.82. The van der Waals surface area contributed by atoms with Crippen LogP contribution in [-0.4, -0.2) is 47.7 Å². The summed E-state index contributed by atoms with van der Waals surface area (Å²) in [6.07, 6.45) is -3.68. The number of halogens is 2. The van der Waals surface area contributed by atoms with Crippen LogP contribution < -0.4 is 10.1 Å². The zero-order valence-electron chi connectivity index (χ0n) is 15.1. The fourth-order valence-electron chi connectivity index (χ4n) is 2.49. The lowest BCUT2D eigenvalue weighted by atomic mass is 10.1. The summed E-state index contributed by atoms with van der Waals surface area (Å²) in [4.78, 5) is 25.3. The smallest absolute Gasteiger partial charge is 0.444 e. The van der Waals surface area contributed by atoms with Gasteiger partial charge in [0, 0.05) is 19.1 Å². The summed E-state index contributed by atoms with van der Waals surface area (Å²) >= 11 is 0. The molecule has 1 N–H and O–H groups in total. The van der Waals surface area contributed by atoms with Gasteiger partial charge in [0.15, 0.2) is 0 Å². The summed E-state index contributed by atoms with van der Waals surface area (Å²) in [5.41, 5.74) is -0.598. The largest absolute Gasteiger partial charge is 0.482 e. The number of nitrogens with zero attached hydrogens (tertiary/aromatic N) is 1. The molecule has 0 saturated carbocycles. The highest BCUT2D eigenvalue weighted by atomic mass is 19.3. The first kappa shape index (κ1) is 19.9. The lowest BCUT2D eigenvalue weighted by molar-refractivity contribution is -0.193. The first-order valence-corrected chi connectivity index (χ1v) is 8.47. The van der Waals surface area contributed by atoms with E-state index in [9.17, 15) is 18.4 Å². The maximum atomic E-state index is 13.9. The molecule has 8 heteroatoms. The van der Waals surface area contributed by atoms with Crippen LogP contribution >= 0.6 is 0 Å². The number of likely N-dealkylation sites (tertiary alicyclic amines) is 1. The minimum atomic E-state index is -3.97. The molecule has 0 aromatic heterocycles. The Labute approximate surface area is 151 Å². The van der Waals surface area contributed by atoms with Gasteiger partial charge in [-0.15, -0.1) is 0 Å². The van der Waals surface area contributed by atoms with Crippen LogP contribution in [0.15, 0.2) is 30.3 Å². The maximum Gasteiger partial charge on any atom is 0.482 e. The Morgan fingerprint density at radius 1 is 1.12 bits per heavy atom. The molecule has 1 aliphatic rings. The molecule has 144 valence electrons. The van der Waals surface area contributed by atoms with E-state index < -0.39 is 29.8 Å².